The van der Waals surface area contributed by atoms with E-state index in [1.807, 2.05) is 13.8 Å². The van der Waals surface area contributed by atoms with Crippen LogP contribution in [-0.4, -0.2) is 25.3 Å². The van der Waals surface area contributed by atoms with Crippen LogP contribution in [0.3, 0.4) is 0 Å². The highest BCUT2D eigenvalue weighted by Gasteiger charge is 2.28. The minimum Gasteiger partial charge on any atom is -0.481 e. The molecule has 0 atom stereocenters. The number of aliphatic carboxylic acids is 1. The molecule has 0 amide bonds. The summed E-state index contributed by atoms with van der Waals surface area (Å²) in [6.45, 7) is 8.47. The fourth-order valence-electron chi connectivity index (χ4n) is 0.698. The molecule has 0 aliphatic carbocycles. The summed E-state index contributed by atoms with van der Waals surface area (Å²) in [6, 6.07) is 0. The number of Topliss-reactive ketones (excluding diaryl/α,β-unsaturated/α-hetero) is 1. The Morgan fingerprint density at radius 3 is 1.57 bits per heavy atom. The van der Waals surface area contributed by atoms with E-state index >= 15 is 0 Å². The topological polar surface area (TPSA) is 54.4 Å². The normalized spacial score (nSPS) is 8.36. The molecule has 3 nitrogen and oxygen atoms in total. The Morgan fingerprint density at radius 2 is 1.50 bits per heavy atom. The van der Waals surface area contributed by atoms with Crippen LogP contribution < -0.4 is 0 Å². The molecule has 0 bridgehead atoms. The second kappa shape index (κ2) is 10.3. The third-order valence-corrected chi connectivity index (χ3v) is 1.27. The summed E-state index contributed by atoms with van der Waals surface area (Å²) < 4.78 is 0. The SMILES string of the molecule is C.CC.CC(=O)CC(C)(C)C(=O)O.[B]. The molecule has 0 aliphatic rings. The lowest BCUT2D eigenvalue weighted by atomic mass is 9.88. The molecule has 0 aliphatic heterocycles. The number of hydrogen-bond donors (Lipinski definition) is 1. The van der Waals surface area contributed by atoms with Crippen LogP contribution in [0.25, 0.3) is 0 Å². The van der Waals surface area contributed by atoms with Gasteiger partial charge < -0.3 is 5.11 Å². The summed E-state index contributed by atoms with van der Waals surface area (Å²) in [6.07, 6.45) is 0.0995. The van der Waals surface area contributed by atoms with Crippen molar-refractivity contribution >= 4 is 20.2 Å². The Labute approximate surface area is 89.5 Å². The largest absolute Gasteiger partial charge is 0.481 e. The number of carboxylic acid groups (broad SMARTS) is 1. The maximum absolute atomic E-state index is 10.5. The molecule has 1 N–H and O–H groups in total. The van der Waals surface area contributed by atoms with Gasteiger partial charge in [-0.15, -0.1) is 0 Å². The number of ketones is 1. The lowest BCUT2D eigenvalue weighted by Crippen LogP contribution is -2.25. The first kappa shape index (κ1) is 23.2. The molecule has 0 aromatic heterocycles. The van der Waals surface area contributed by atoms with Crippen LogP contribution in [-0.2, 0) is 9.59 Å². The molecule has 0 saturated carbocycles. The van der Waals surface area contributed by atoms with Gasteiger partial charge >= 0.3 is 5.97 Å². The van der Waals surface area contributed by atoms with Gasteiger partial charge in [-0.1, -0.05) is 21.3 Å². The minimum absolute atomic E-state index is 0. The van der Waals surface area contributed by atoms with Gasteiger partial charge in [0.15, 0.2) is 0 Å². The molecule has 0 unspecified atom stereocenters. The Morgan fingerprint density at radius 1 is 1.21 bits per heavy atom. The number of hydrogen-bond acceptors (Lipinski definition) is 2. The minimum atomic E-state index is -0.928. The van der Waals surface area contributed by atoms with Crippen molar-refractivity contribution in [1.82, 2.24) is 0 Å². The van der Waals surface area contributed by atoms with Crippen LogP contribution in [0.4, 0.5) is 0 Å². The fraction of sp³-hybridized carbons (Fsp3) is 0.800. The number of carboxylic acids is 1. The van der Waals surface area contributed by atoms with Crippen molar-refractivity contribution < 1.29 is 14.7 Å². The van der Waals surface area contributed by atoms with Crippen LogP contribution in [0.2, 0.25) is 0 Å². The van der Waals surface area contributed by atoms with Crippen LogP contribution in [0, 0.1) is 5.41 Å². The van der Waals surface area contributed by atoms with E-state index in [1.54, 1.807) is 0 Å². The van der Waals surface area contributed by atoms with Gasteiger partial charge in [0.2, 0.25) is 0 Å². The molecule has 0 saturated heterocycles. The second-order valence-corrected chi connectivity index (χ2v) is 3.07. The highest BCUT2D eigenvalue weighted by Crippen LogP contribution is 2.20. The van der Waals surface area contributed by atoms with E-state index in [2.05, 4.69) is 0 Å². The zero-order valence-electron chi connectivity index (χ0n) is 9.05. The Bertz CT molecular complexity index is 165. The standard InChI is InChI=1S/C7H12O3.C2H6.CH4.B/c1-5(8)4-7(2,3)6(9)10;1-2;;/h4H2,1-3H3,(H,9,10);1-2H3;1H4;. The van der Waals surface area contributed by atoms with Gasteiger partial charge in [0.1, 0.15) is 5.78 Å². The molecular formula is C10H22BO3. The van der Waals surface area contributed by atoms with Crippen LogP contribution in [0.1, 0.15) is 48.5 Å². The maximum Gasteiger partial charge on any atom is 0.309 e. The smallest absolute Gasteiger partial charge is 0.309 e. The van der Waals surface area contributed by atoms with E-state index in [-0.39, 0.29) is 28.0 Å². The first-order valence-corrected chi connectivity index (χ1v) is 4.09. The molecule has 14 heavy (non-hydrogen) atoms. The monoisotopic (exact) mass is 201 g/mol. The summed E-state index contributed by atoms with van der Waals surface area (Å²) in [5.41, 5.74) is -0.911. The van der Waals surface area contributed by atoms with Gasteiger partial charge in [-0.05, 0) is 20.8 Å². The van der Waals surface area contributed by atoms with Crippen molar-refractivity contribution in [3.05, 3.63) is 0 Å². The summed E-state index contributed by atoms with van der Waals surface area (Å²) in [7, 11) is 0. The Balaban J connectivity index is -0.000000117. The van der Waals surface area contributed by atoms with Crippen LogP contribution in [0.5, 0.6) is 0 Å². The van der Waals surface area contributed by atoms with Gasteiger partial charge in [-0.3, -0.25) is 9.59 Å². The Hall–Kier alpha value is -0.795. The van der Waals surface area contributed by atoms with Gasteiger partial charge in [0.25, 0.3) is 0 Å². The maximum atomic E-state index is 10.5. The van der Waals surface area contributed by atoms with Gasteiger partial charge in [-0.25, -0.2) is 0 Å². The van der Waals surface area contributed by atoms with E-state index in [0.29, 0.717) is 0 Å². The summed E-state index contributed by atoms with van der Waals surface area (Å²) >= 11 is 0. The number of carbonyl (C=O) groups excluding carboxylic acids is 1. The van der Waals surface area contributed by atoms with E-state index < -0.39 is 11.4 Å². The zero-order valence-corrected chi connectivity index (χ0v) is 9.05. The average molecular weight is 201 g/mol. The lowest BCUT2D eigenvalue weighted by molar-refractivity contribution is -0.149. The highest BCUT2D eigenvalue weighted by molar-refractivity contribution is 5.84. The van der Waals surface area contributed by atoms with Crippen molar-refractivity contribution in [3.8, 4) is 0 Å². The van der Waals surface area contributed by atoms with Crippen molar-refractivity contribution in [2.24, 2.45) is 5.41 Å². The van der Waals surface area contributed by atoms with Crippen LogP contribution >= 0.6 is 0 Å². The summed E-state index contributed by atoms with van der Waals surface area (Å²) in [5, 5.41) is 8.54. The van der Waals surface area contributed by atoms with E-state index in [4.69, 9.17) is 5.11 Å². The first-order chi connectivity index (χ1) is 5.36. The fourth-order valence-corrected chi connectivity index (χ4v) is 0.698. The van der Waals surface area contributed by atoms with E-state index in [0.717, 1.165) is 0 Å². The molecule has 4 heteroatoms. The summed E-state index contributed by atoms with van der Waals surface area (Å²) in [5.74, 6) is -1.02. The molecule has 0 heterocycles. The lowest BCUT2D eigenvalue weighted by Gasteiger charge is -2.15. The first-order valence-electron chi connectivity index (χ1n) is 4.09. The van der Waals surface area contributed by atoms with Crippen molar-refractivity contribution in [2.45, 2.75) is 48.5 Å². The number of rotatable bonds is 3. The van der Waals surface area contributed by atoms with Crippen molar-refractivity contribution in [3.63, 3.8) is 0 Å². The van der Waals surface area contributed by atoms with Gasteiger partial charge in [-0.2, -0.15) is 0 Å². The molecule has 0 aromatic carbocycles. The van der Waals surface area contributed by atoms with Gasteiger partial charge in [0.05, 0.1) is 5.41 Å². The zero-order chi connectivity index (χ0) is 10.4. The average Bonchev–Trinajstić information content (AvgIpc) is 1.89. The third-order valence-electron chi connectivity index (χ3n) is 1.27. The quantitative estimate of drug-likeness (QED) is 0.713. The number of carbonyl (C=O) groups is 2. The molecule has 83 valence electrons. The van der Waals surface area contributed by atoms with Crippen molar-refractivity contribution in [1.29, 1.82) is 0 Å². The highest BCUT2D eigenvalue weighted by atomic mass is 16.4. The van der Waals surface area contributed by atoms with Crippen LogP contribution in [0.15, 0.2) is 0 Å². The summed E-state index contributed by atoms with van der Waals surface area (Å²) in [4.78, 5) is 20.9. The van der Waals surface area contributed by atoms with Gasteiger partial charge in [0, 0.05) is 14.8 Å². The molecule has 0 rings (SSSR count). The molecule has 0 fully saturated rings. The second-order valence-electron chi connectivity index (χ2n) is 3.07. The molecule has 3 radical (unpaired) electrons. The van der Waals surface area contributed by atoms with E-state index in [9.17, 15) is 9.59 Å². The van der Waals surface area contributed by atoms with E-state index in [1.165, 1.54) is 20.8 Å². The molecular weight excluding hydrogens is 179 g/mol. The molecule has 0 aromatic rings. The molecule has 0 spiro atoms. The predicted octanol–water partition coefficient (Wildman–Crippen LogP) is 2.36. The van der Waals surface area contributed by atoms with Crippen molar-refractivity contribution in [2.75, 3.05) is 0 Å². The third kappa shape index (κ3) is 11.2. The Kier molecular flexibility index (Phi) is 17.1. The predicted molar refractivity (Wildman–Crippen MR) is 60.5 cm³/mol.